The van der Waals surface area contributed by atoms with Gasteiger partial charge in [-0.1, -0.05) is 6.07 Å². The van der Waals surface area contributed by atoms with Crippen molar-refractivity contribution >= 4 is 5.97 Å². The molecule has 0 atom stereocenters. The van der Waals surface area contributed by atoms with Crippen molar-refractivity contribution < 1.29 is 19.4 Å². The van der Waals surface area contributed by atoms with Crippen LogP contribution in [0.25, 0.3) is 0 Å². The Bertz CT molecular complexity index is 700. The molecule has 1 N–H and O–H groups in total. The lowest BCUT2D eigenvalue weighted by atomic mass is 10.2. The van der Waals surface area contributed by atoms with E-state index in [-0.39, 0.29) is 11.3 Å². The Labute approximate surface area is 121 Å². The number of ether oxygens (including phenoxy) is 2. The first-order chi connectivity index (χ1) is 10.2. The normalized spacial score (nSPS) is 12.8. The summed E-state index contributed by atoms with van der Waals surface area (Å²) < 4.78 is 11.0. The number of carboxylic acids is 1. The molecule has 3 rings (SSSR count). The average Bonchev–Trinajstić information content (AvgIpc) is 2.96. The third-order valence-corrected chi connectivity index (χ3v) is 3.46. The number of hydrogen-bond donors (Lipinski definition) is 1. The summed E-state index contributed by atoms with van der Waals surface area (Å²) in [5.74, 6) is -0.139. The predicted octanol–water partition coefficient (Wildman–Crippen LogP) is 2.46. The lowest BCUT2D eigenvalue weighted by Gasteiger charge is -2.13. The summed E-state index contributed by atoms with van der Waals surface area (Å²) in [6.07, 6.45) is 4.17. The van der Waals surface area contributed by atoms with Crippen LogP contribution in [0.15, 0.2) is 24.5 Å². The molecule has 1 aromatic carbocycles. The first-order valence-electron chi connectivity index (χ1n) is 6.61. The summed E-state index contributed by atoms with van der Waals surface area (Å²) in [5, 5.41) is 9.29. The van der Waals surface area contributed by atoms with Gasteiger partial charge in [0.25, 0.3) is 0 Å². The SMILES string of the molecule is COc1cccc(C(=O)O)c1Oc1ncnc2c1CCC2. The van der Waals surface area contributed by atoms with E-state index >= 15 is 0 Å². The lowest BCUT2D eigenvalue weighted by Crippen LogP contribution is -2.04. The number of fused-ring (bicyclic) bond motifs is 1. The second-order valence-electron chi connectivity index (χ2n) is 4.70. The van der Waals surface area contributed by atoms with Gasteiger partial charge in [0.15, 0.2) is 11.5 Å². The van der Waals surface area contributed by atoms with Gasteiger partial charge in [-0.3, -0.25) is 0 Å². The maximum atomic E-state index is 11.3. The van der Waals surface area contributed by atoms with E-state index in [1.54, 1.807) is 12.1 Å². The van der Waals surface area contributed by atoms with Crippen LogP contribution < -0.4 is 9.47 Å². The van der Waals surface area contributed by atoms with Gasteiger partial charge < -0.3 is 14.6 Å². The molecule has 0 bridgehead atoms. The van der Waals surface area contributed by atoms with Gasteiger partial charge in [0.05, 0.1) is 12.8 Å². The Hall–Kier alpha value is -2.63. The molecule has 0 spiro atoms. The maximum Gasteiger partial charge on any atom is 0.339 e. The number of benzene rings is 1. The molecule has 0 radical (unpaired) electrons. The first kappa shape index (κ1) is 13.4. The van der Waals surface area contributed by atoms with Crippen molar-refractivity contribution in [2.45, 2.75) is 19.3 Å². The van der Waals surface area contributed by atoms with Crippen molar-refractivity contribution in [3.05, 3.63) is 41.3 Å². The molecular formula is C15H14N2O4. The number of hydrogen-bond acceptors (Lipinski definition) is 5. The Balaban J connectivity index is 2.06. The minimum absolute atomic E-state index is 0.0414. The number of aryl methyl sites for hydroxylation is 1. The zero-order chi connectivity index (χ0) is 14.8. The zero-order valence-electron chi connectivity index (χ0n) is 11.5. The van der Waals surface area contributed by atoms with Crippen LogP contribution in [-0.2, 0) is 12.8 Å². The van der Waals surface area contributed by atoms with Gasteiger partial charge in [0, 0.05) is 5.56 Å². The van der Waals surface area contributed by atoms with Gasteiger partial charge in [0.1, 0.15) is 11.9 Å². The van der Waals surface area contributed by atoms with Crippen LogP contribution in [0.4, 0.5) is 0 Å². The van der Waals surface area contributed by atoms with Crippen LogP contribution in [0, 0.1) is 0 Å². The number of aromatic nitrogens is 2. The molecule has 1 heterocycles. The summed E-state index contributed by atoms with van der Waals surface area (Å²) in [6, 6.07) is 4.74. The van der Waals surface area contributed by atoms with Crippen molar-refractivity contribution in [3.63, 3.8) is 0 Å². The monoisotopic (exact) mass is 286 g/mol. The van der Waals surface area contributed by atoms with Gasteiger partial charge in [0.2, 0.25) is 5.88 Å². The van der Waals surface area contributed by atoms with Crippen molar-refractivity contribution in [2.24, 2.45) is 0 Å². The second kappa shape index (κ2) is 5.40. The quantitative estimate of drug-likeness (QED) is 0.929. The average molecular weight is 286 g/mol. The topological polar surface area (TPSA) is 81.5 Å². The van der Waals surface area contributed by atoms with E-state index in [0.717, 1.165) is 30.5 Å². The fourth-order valence-corrected chi connectivity index (χ4v) is 2.46. The van der Waals surface area contributed by atoms with E-state index in [4.69, 9.17) is 9.47 Å². The zero-order valence-corrected chi connectivity index (χ0v) is 11.5. The third-order valence-electron chi connectivity index (χ3n) is 3.46. The molecule has 0 fully saturated rings. The molecular weight excluding hydrogens is 272 g/mol. The van der Waals surface area contributed by atoms with E-state index in [0.29, 0.717) is 11.6 Å². The molecule has 1 aliphatic carbocycles. The number of methoxy groups -OCH3 is 1. The number of rotatable bonds is 4. The highest BCUT2D eigenvalue weighted by Crippen LogP contribution is 2.37. The van der Waals surface area contributed by atoms with Gasteiger partial charge in [-0.25, -0.2) is 14.8 Å². The van der Waals surface area contributed by atoms with Gasteiger partial charge in [-0.2, -0.15) is 0 Å². The number of aromatic carboxylic acids is 1. The fraction of sp³-hybridized carbons (Fsp3) is 0.267. The van der Waals surface area contributed by atoms with Crippen LogP contribution in [0.1, 0.15) is 28.0 Å². The number of carbonyl (C=O) groups is 1. The fourth-order valence-electron chi connectivity index (χ4n) is 2.46. The molecule has 108 valence electrons. The Morgan fingerprint density at radius 3 is 2.90 bits per heavy atom. The molecule has 6 nitrogen and oxygen atoms in total. The lowest BCUT2D eigenvalue weighted by molar-refractivity contribution is 0.0693. The molecule has 0 amide bonds. The van der Waals surface area contributed by atoms with Crippen LogP contribution in [0.5, 0.6) is 17.4 Å². The predicted molar refractivity (Wildman–Crippen MR) is 74.1 cm³/mol. The first-order valence-corrected chi connectivity index (χ1v) is 6.61. The van der Waals surface area contributed by atoms with E-state index in [2.05, 4.69) is 9.97 Å². The number of carboxylic acid groups (broad SMARTS) is 1. The smallest absolute Gasteiger partial charge is 0.339 e. The highest BCUT2D eigenvalue weighted by Gasteiger charge is 2.22. The van der Waals surface area contributed by atoms with Crippen LogP contribution in [0.2, 0.25) is 0 Å². The third kappa shape index (κ3) is 2.40. The van der Waals surface area contributed by atoms with Gasteiger partial charge in [-0.05, 0) is 31.4 Å². The largest absolute Gasteiger partial charge is 0.493 e. The summed E-state index contributed by atoms with van der Waals surface area (Å²) in [6.45, 7) is 0. The Morgan fingerprint density at radius 1 is 1.29 bits per heavy atom. The van der Waals surface area contributed by atoms with Gasteiger partial charge in [-0.15, -0.1) is 0 Å². The minimum atomic E-state index is -1.07. The molecule has 1 aromatic heterocycles. The molecule has 6 heteroatoms. The maximum absolute atomic E-state index is 11.3. The van der Waals surface area contributed by atoms with Crippen LogP contribution in [0.3, 0.4) is 0 Å². The van der Waals surface area contributed by atoms with Crippen molar-refractivity contribution in [1.29, 1.82) is 0 Å². The highest BCUT2D eigenvalue weighted by atomic mass is 16.5. The Morgan fingerprint density at radius 2 is 2.14 bits per heavy atom. The molecule has 21 heavy (non-hydrogen) atoms. The van der Waals surface area contributed by atoms with E-state index in [1.807, 2.05) is 0 Å². The van der Waals surface area contributed by atoms with Crippen molar-refractivity contribution in [2.75, 3.05) is 7.11 Å². The van der Waals surface area contributed by atoms with Crippen LogP contribution >= 0.6 is 0 Å². The van der Waals surface area contributed by atoms with Crippen molar-refractivity contribution in [3.8, 4) is 17.4 Å². The summed E-state index contributed by atoms with van der Waals surface area (Å²) in [4.78, 5) is 19.7. The highest BCUT2D eigenvalue weighted by molar-refractivity contribution is 5.92. The summed E-state index contributed by atoms with van der Waals surface area (Å²) in [7, 11) is 1.47. The number of nitrogens with zero attached hydrogens (tertiary/aromatic N) is 2. The molecule has 2 aromatic rings. The molecule has 0 unspecified atom stereocenters. The van der Waals surface area contributed by atoms with E-state index in [9.17, 15) is 9.90 Å². The second-order valence-corrected chi connectivity index (χ2v) is 4.70. The standard InChI is InChI=1S/C15H14N2O4/c1-20-12-7-3-5-10(15(18)19)13(12)21-14-9-4-2-6-11(9)16-8-17-14/h3,5,7-8H,2,4,6H2,1H3,(H,18,19). The van der Waals surface area contributed by atoms with E-state index in [1.165, 1.54) is 19.5 Å². The number of para-hydroxylation sites is 1. The van der Waals surface area contributed by atoms with Crippen LogP contribution in [-0.4, -0.2) is 28.2 Å². The van der Waals surface area contributed by atoms with Crippen molar-refractivity contribution in [1.82, 2.24) is 9.97 Å². The molecule has 0 saturated heterocycles. The Kier molecular flexibility index (Phi) is 3.43. The summed E-state index contributed by atoms with van der Waals surface area (Å²) >= 11 is 0. The minimum Gasteiger partial charge on any atom is -0.493 e. The van der Waals surface area contributed by atoms with E-state index < -0.39 is 5.97 Å². The molecule has 0 aliphatic heterocycles. The molecule has 0 saturated carbocycles. The summed E-state index contributed by atoms with van der Waals surface area (Å²) in [5.41, 5.74) is 1.95. The molecule has 1 aliphatic rings. The van der Waals surface area contributed by atoms with Gasteiger partial charge >= 0.3 is 5.97 Å².